The maximum atomic E-state index is 12.6. The van der Waals surface area contributed by atoms with Crippen LogP contribution in [0.15, 0.2) is 0 Å². The zero-order chi connectivity index (χ0) is 26.7. The van der Waals surface area contributed by atoms with Crippen LogP contribution in [0.5, 0.6) is 0 Å². The molecule has 36 heavy (non-hydrogen) atoms. The summed E-state index contributed by atoms with van der Waals surface area (Å²) in [6, 6.07) is 0. The van der Waals surface area contributed by atoms with Gasteiger partial charge in [-0.15, -0.1) is 0 Å². The number of Topliss-reactive ketones (excluding diaryl/α,β-unsaturated/α-hetero) is 2. The molecule has 4 heteroatoms. The second-order valence-corrected chi connectivity index (χ2v) is 11.1. The van der Waals surface area contributed by atoms with E-state index in [2.05, 4.69) is 13.8 Å². The van der Waals surface area contributed by atoms with Crippen LogP contribution in [0.2, 0.25) is 0 Å². The van der Waals surface area contributed by atoms with E-state index in [1.54, 1.807) is 0 Å². The van der Waals surface area contributed by atoms with Crippen LogP contribution in [-0.2, 0) is 14.4 Å². The number of aliphatic carboxylic acids is 1. The largest absolute Gasteiger partial charge is 0.481 e. The van der Waals surface area contributed by atoms with E-state index in [0.717, 1.165) is 32.1 Å². The lowest BCUT2D eigenvalue weighted by atomic mass is 9.89. The molecule has 1 unspecified atom stereocenters. The Bertz CT molecular complexity index is 528. The summed E-state index contributed by atoms with van der Waals surface area (Å²) in [5.41, 5.74) is 0. The first-order valence-corrected chi connectivity index (χ1v) is 15.8. The average Bonchev–Trinajstić information content (AvgIpc) is 2.85. The average molecular weight is 509 g/mol. The van der Waals surface area contributed by atoms with Crippen molar-refractivity contribution < 1.29 is 19.5 Å². The molecule has 0 fully saturated rings. The van der Waals surface area contributed by atoms with E-state index in [1.807, 2.05) is 0 Å². The van der Waals surface area contributed by atoms with E-state index in [9.17, 15) is 19.5 Å². The van der Waals surface area contributed by atoms with Gasteiger partial charge in [-0.1, -0.05) is 142 Å². The fourth-order valence-corrected chi connectivity index (χ4v) is 5.04. The molecule has 0 aromatic heterocycles. The Morgan fingerprint density at radius 2 is 0.806 bits per heavy atom. The molecule has 0 saturated heterocycles. The fraction of sp³-hybridized carbons (Fsp3) is 0.906. The SMILES string of the molecule is CCCCCCCCCCCCCC(=O)CC(CC(=O)O)C(=O)CCCCCCCCCCCCC. The Hall–Kier alpha value is -1.19. The molecule has 0 aliphatic carbocycles. The fourth-order valence-electron chi connectivity index (χ4n) is 5.04. The molecule has 0 amide bonds. The van der Waals surface area contributed by atoms with Crippen LogP contribution in [0.4, 0.5) is 0 Å². The normalized spacial score (nSPS) is 12.1. The number of carbonyl (C=O) groups is 3. The minimum Gasteiger partial charge on any atom is -0.481 e. The molecule has 4 nitrogen and oxygen atoms in total. The van der Waals surface area contributed by atoms with E-state index < -0.39 is 11.9 Å². The highest BCUT2D eigenvalue weighted by Gasteiger charge is 2.23. The Kier molecular flexibility index (Phi) is 26.0. The Morgan fingerprint density at radius 3 is 1.17 bits per heavy atom. The van der Waals surface area contributed by atoms with Gasteiger partial charge in [-0.2, -0.15) is 0 Å². The summed E-state index contributed by atoms with van der Waals surface area (Å²) in [7, 11) is 0. The van der Waals surface area contributed by atoms with E-state index in [0.29, 0.717) is 12.8 Å². The lowest BCUT2D eigenvalue weighted by Crippen LogP contribution is -2.21. The van der Waals surface area contributed by atoms with Gasteiger partial charge in [0, 0.05) is 25.2 Å². The molecular formula is C32H60O4. The first kappa shape index (κ1) is 34.8. The molecule has 1 N–H and O–H groups in total. The number of hydrogen-bond donors (Lipinski definition) is 1. The molecule has 0 radical (unpaired) electrons. The summed E-state index contributed by atoms with van der Waals surface area (Å²) < 4.78 is 0. The summed E-state index contributed by atoms with van der Waals surface area (Å²) >= 11 is 0. The number of ketones is 2. The minimum atomic E-state index is -0.977. The summed E-state index contributed by atoms with van der Waals surface area (Å²) in [6.45, 7) is 4.49. The van der Waals surface area contributed by atoms with Crippen molar-refractivity contribution in [2.24, 2.45) is 5.92 Å². The van der Waals surface area contributed by atoms with Gasteiger partial charge in [0.25, 0.3) is 0 Å². The Morgan fingerprint density at radius 1 is 0.472 bits per heavy atom. The molecule has 0 aromatic carbocycles. The van der Waals surface area contributed by atoms with Crippen LogP contribution in [0.1, 0.15) is 181 Å². The molecule has 0 aliphatic heterocycles. The lowest BCUT2D eigenvalue weighted by Gasteiger charge is -2.13. The minimum absolute atomic E-state index is 0.0272. The number of carboxylic acids is 1. The monoisotopic (exact) mass is 508 g/mol. The molecule has 212 valence electrons. The van der Waals surface area contributed by atoms with Crippen molar-refractivity contribution in [3.63, 3.8) is 0 Å². The van der Waals surface area contributed by atoms with Gasteiger partial charge < -0.3 is 5.11 Å². The van der Waals surface area contributed by atoms with Gasteiger partial charge in [0.05, 0.1) is 6.42 Å². The molecule has 0 aromatic rings. The lowest BCUT2D eigenvalue weighted by molar-refractivity contribution is -0.141. The number of carboxylic acid groups (broad SMARTS) is 1. The quantitative estimate of drug-likeness (QED) is 0.102. The smallest absolute Gasteiger partial charge is 0.304 e. The molecule has 0 heterocycles. The van der Waals surface area contributed by atoms with E-state index >= 15 is 0 Å². The first-order valence-electron chi connectivity index (χ1n) is 15.8. The summed E-state index contributed by atoms with van der Waals surface area (Å²) in [4.78, 5) is 36.3. The predicted octanol–water partition coefficient (Wildman–Crippen LogP) is 10.0. The van der Waals surface area contributed by atoms with Crippen molar-refractivity contribution in [2.75, 3.05) is 0 Å². The van der Waals surface area contributed by atoms with E-state index in [4.69, 9.17) is 0 Å². The standard InChI is InChI=1S/C32H60O4/c1-3-5-7-9-11-13-15-17-19-21-23-25-30(33)27-29(28-32(35)36)31(34)26-24-22-20-18-16-14-12-10-8-6-4-2/h29H,3-28H2,1-2H3,(H,35,36). The molecular weight excluding hydrogens is 448 g/mol. The van der Waals surface area contributed by atoms with Crippen molar-refractivity contribution in [3.8, 4) is 0 Å². The van der Waals surface area contributed by atoms with E-state index in [-0.39, 0.29) is 24.4 Å². The van der Waals surface area contributed by atoms with Crippen LogP contribution < -0.4 is 0 Å². The highest BCUT2D eigenvalue weighted by molar-refractivity contribution is 5.90. The highest BCUT2D eigenvalue weighted by atomic mass is 16.4. The highest BCUT2D eigenvalue weighted by Crippen LogP contribution is 2.19. The van der Waals surface area contributed by atoms with Crippen LogP contribution in [0, 0.1) is 5.92 Å². The number of rotatable bonds is 29. The maximum absolute atomic E-state index is 12.6. The van der Waals surface area contributed by atoms with Crippen molar-refractivity contribution in [2.45, 2.75) is 181 Å². The van der Waals surface area contributed by atoms with Gasteiger partial charge in [-0.05, 0) is 12.8 Å². The zero-order valence-electron chi connectivity index (χ0n) is 24.1. The van der Waals surface area contributed by atoms with Crippen molar-refractivity contribution in [1.82, 2.24) is 0 Å². The molecule has 0 saturated carbocycles. The molecule has 0 spiro atoms. The first-order chi connectivity index (χ1) is 17.5. The van der Waals surface area contributed by atoms with Gasteiger partial charge in [0.15, 0.2) is 0 Å². The molecule has 1 atom stereocenters. The van der Waals surface area contributed by atoms with Gasteiger partial charge in [0.2, 0.25) is 0 Å². The van der Waals surface area contributed by atoms with Crippen LogP contribution in [0.25, 0.3) is 0 Å². The Balaban J connectivity index is 3.86. The van der Waals surface area contributed by atoms with E-state index in [1.165, 1.54) is 109 Å². The van der Waals surface area contributed by atoms with Crippen LogP contribution in [0.3, 0.4) is 0 Å². The zero-order valence-corrected chi connectivity index (χ0v) is 24.1. The summed E-state index contributed by atoms with van der Waals surface area (Å²) in [5.74, 6) is -1.58. The summed E-state index contributed by atoms with van der Waals surface area (Å²) in [6.07, 6.45) is 27.9. The van der Waals surface area contributed by atoms with Gasteiger partial charge in [0.1, 0.15) is 11.6 Å². The van der Waals surface area contributed by atoms with Crippen molar-refractivity contribution in [1.29, 1.82) is 0 Å². The third-order valence-corrected chi connectivity index (χ3v) is 7.44. The van der Waals surface area contributed by atoms with Gasteiger partial charge >= 0.3 is 5.97 Å². The molecule has 0 bridgehead atoms. The van der Waals surface area contributed by atoms with Crippen LogP contribution >= 0.6 is 0 Å². The van der Waals surface area contributed by atoms with Crippen molar-refractivity contribution in [3.05, 3.63) is 0 Å². The predicted molar refractivity (Wildman–Crippen MR) is 153 cm³/mol. The summed E-state index contributed by atoms with van der Waals surface area (Å²) in [5, 5.41) is 9.22. The second kappa shape index (κ2) is 26.9. The molecule has 0 aliphatic rings. The number of carbonyl (C=O) groups excluding carboxylic acids is 2. The number of hydrogen-bond acceptors (Lipinski definition) is 3. The van der Waals surface area contributed by atoms with Crippen LogP contribution in [-0.4, -0.2) is 22.6 Å². The topological polar surface area (TPSA) is 71.4 Å². The number of unbranched alkanes of at least 4 members (excludes halogenated alkanes) is 20. The Labute approximate surface area is 223 Å². The third-order valence-electron chi connectivity index (χ3n) is 7.44. The van der Waals surface area contributed by atoms with Crippen molar-refractivity contribution >= 4 is 17.5 Å². The van der Waals surface area contributed by atoms with Gasteiger partial charge in [-0.3, -0.25) is 14.4 Å². The van der Waals surface area contributed by atoms with Gasteiger partial charge in [-0.25, -0.2) is 0 Å². The second-order valence-electron chi connectivity index (χ2n) is 11.1. The molecule has 0 rings (SSSR count). The maximum Gasteiger partial charge on any atom is 0.304 e. The third kappa shape index (κ3) is 24.5.